The quantitative estimate of drug-likeness (QED) is 0.741. The Morgan fingerprint density at radius 2 is 1.69 bits per heavy atom. The van der Waals surface area contributed by atoms with Crippen LogP contribution in [-0.4, -0.2) is 19.6 Å². The molecule has 13 heavy (non-hydrogen) atoms. The third-order valence-electron chi connectivity index (χ3n) is 1.41. The van der Waals surface area contributed by atoms with E-state index in [4.69, 9.17) is 3.76 Å². The van der Waals surface area contributed by atoms with E-state index in [2.05, 4.69) is 0 Å². The van der Waals surface area contributed by atoms with Crippen LogP contribution in [-0.2, 0) is 3.76 Å². The molecule has 0 saturated heterocycles. The van der Waals surface area contributed by atoms with E-state index < -0.39 is 13.6 Å². The first-order valence-corrected chi connectivity index (χ1v) is 11.4. The molecule has 1 aromatic rings. The van der Waals surface area contributed by atoms with E-state index in [-0.39, 0.29) is 5.97 Å². The average molecular weight is 239 g/mol. The predicted octanol–water partition coefficient (Wildman–Crippen LogP) is 2.68. The van der Waals surface area contributed by atoms with Crippen LogP contribution in [0, 0.1) is 0 Å². The molecule has 0 N–H and O–H groups in total. The normalized spacial score (nSPS) is 11.0. The second-order valence-electron chi connectivity index (χ2n) is 3.87. The van der Waals surface area contributed by atoms with Crippen LogP contribution in [0.3, 0.4) is 0 Å². The zero-order valence-electron chi connectivity index (χ0n) is 8.20. The van der Waals surface area contributed by atoms with Crippen LogP contribution >= 0.6 is 0 Å². The van der Waals surface area contributed by atoms with Crippen molar-refractivity contribution in [3.63, 3.8) is 0 Å². The topological polar surface area (TPSA) is 26.3 Å². The van der Waals surface area contributed by atoms with Gasteiger partial charge in [0.1, 0.15) is 0 Å². The predicted molar refractivity (Wildman–Crippen MR) is 55.2 cm³/mol. The third kappa shape index (κ3) is 3.63. The molecule has 0 amide bonds. The molecule has 0 saturated carbocycles. The fourth-order valence-electron chi connectivity index (χ4n) is 0.911. The van der Waals surface area contributed by atoms with E-state index in [9.17, 15) is 4.79 Å². The molecule has 0 unspecified atom stereocenters. The third-order valence-corrected chi connectivity index (χ3v) is 3.08. The molecule has 0 heterocycles. The van der Waals surface area contributed by atoms with Crippen molar-refractivity contribution in [3.8, 4) is 0 Å². The Labute approximate surface area is 81.6 Å². The van der Waals surface area contributed by atoms with Crippen LogP contribution in [0.15, 0.2) is 30.3 Å². The molecule has 70 valence electrons. The van der Waals surface area contributed by atoms with Crippen LogP contribution in [0.2, 0.25) is 17.3 Å². The number of carbonyl (C=O) groups is 1. The number of carbonyl (C=O) groups excluding carboxylic acids is 1. The Bertz CT molecular complexity index is 288. The van der Waals surface area contributed by atoms with Crippen molar-refractivity contribution in [1.29, 1.82) is 0 Å². The fourth-order valence-corrected chi connectivity index (χ4v) is 2.33. The van der Waals surface area contributed by atoms with Crippen molar-refractivity contribution < 1.29 is 8.56 Å². The van der Waals surface area contributed by atoms with Gasteiger partial charge in [0.2, 0.25) is 0 Å². The van der Waals surface area contributed by atoms with E-state index in [0.717, 1.165) is 0 Å². The molecule has 0 aliphatic carbocycles. The zero-order valence-corrected chi connectivity index (χ0v) is 10.3. The Balaban J connectivity index is 2.71. The summed E-state index contributed by atoms with van der Waals surface area (Å²) in [6.07, 6.45) is 0. The number of hydrogen-bond acceptors (Lipinski definition) is 2. The van der Waals surface area contributed by atoms with Gasteiger partial charge in [0.25, 0.3) is 0 Å². The van der Waals surface area contributed by atoms with Gasteiger partial charge in [-0.15, -0.1) is 0 Å². The van der Waals surface area contributed by atoms with Crippen LogP contribution in [0.25, 0.3) is 0 Å². The average Bonchev–Trinajstić information content (AvgIpc) is 2.03. The summed E-state index contributed by atoms with van der Waals surface area (Å²) in [5.41, 5.74) is 0.642. The molecule has 0 radical (unpaired) electrons. The molecule has 2 nitrogen and oxygen atoms in total. The van der Waals surface area contributed by atoms with Crippen molar-refractivity contribution in [2.45, 2.75) is 17.3 Å². The van der Waals surface area contributed by atoms with Gasteiger partial charge in [-0.3, -0.25) is 0 Å². The second kappa shape index (κ2) is 3.96. The number of hydrogen-bond donors (Lipinski definition) is 0. The van der Waals surface area contributed by atoms with Crippen molar-refractivity contribution in [2.75, 3.05) is 0 Å². The summed E-state index contributed by atoms with van der Waals surface area (Å²) >= 11 is -2.22. The van der Waals surface area contributed by atoms with E-state index >= 15 is 0 Å². The molecular formula is C10H14GeO2. The first-order valence-electron chi connectivity index (χ1n) is 4.27. The van der Waals surface area contributed by atoms with Gasteiger partial charge in [-0.1, -0.05) is 0 Å². The fraction of sp³-hybridized carbons (Fsp3) is 0.300. The van der Waals surface area contributed by atoms with Gasteiger partial charge in [-0.2, -0.15) is 0 Å². The van der Waals surface area contributed by atoms with Gasteiger partial charge in [0.05, 0.1) is 0 Å². The van der Waals surface area contributed by atoms with Crippen molar-refractivity contribution in [1.82, 2.24) is 0 Å². The van der Waals surface area contributed by atoms with Crippen molar-refractivity contribution in [3.05, 3.63) is 35.9 Å². The second-order valence-corrected chi connectivity index (χ2v) is 13.2. The Morgan fingerprint density at radius 3 is 2.15 bits per heavy atom. The van der Waals surface area contributed by atoms with Crippen LogP contribution in [0.4, 0.5) is 0 Å². The molecule has 0 spiro atoms. The van der Waals surface area contributed by atoms with Crippen LogP contribution < -0.4 is 0 Å². The van der Waals surface area contributed by atoms with Crippen molar-refractivity contribution >= 4 is 19.6 Å². The van der Waals surface area contributed by atoms with Crippen LogP contribution in [0.5, 0.6) is 0 Å². The molecule has 1 rings (SSSR count). The minimum absolute atomic E-state index is 0.187. The standard InChI is InChI=1S/C10H14GeO2/c1-11(2,3)13-10(12)9-7-5-4-6-8-9/h4-8H,1-3H3. The molecule has 1 aromatic carbocycles. The summed E-state index contributed by atoms with van der Waals surface area (Å²) in [6, 6.07) is 9.11. The summed E-state index contributed by atoms with van der Waals surface area (Å²) in [5, 5.41) is 0. The molecule has 0 fully saturated rings. The van der Waals surface area contributed by atoms with E-state index in [0.29, 0.717) is 5.56 Å². The zero-order chi connectivity index (χ0) is 9.90. The summed E-state index contributed by atoms with van der Waals surface area (Å²) < 4.78 is 5.37. The summed E-state index contributed by atoms with van der Waals surface area (Å²) in [7, 11) is 0. The van der Waals surface area contributed by atoms with Gasteiger partial charge >= 0.3 is 81.3 Å². The molecule has 0 bridgehead atoms. The van der Waals surface area contributed by atoms with Gasteiger partial charge in [-0.25, -0.2) is 0 Å². The molecule has 0 aromatic heterocycles. The summed E-state index contributed by atoms with van der Waals surface area (Å²) in [4.78, 5) is 11.5. The van der Waals surface area contributed by atoms with Crippen LogP contribution in [0.1, 0.15) is 10.4 Å². The molecular weight excluding hydrogens is 225 g/mol. The number of rotatable bonds is 2. The van der Waals surface area contributed by atoms with E-state index in [1.807, 2.05) is 35.5 Å². The van der Waals surface area contributed by atoms with Gasteiger partial charge in [0.15, 0.2) is 0 Å². The summed E-state index contributed by atoms with van der Waals surface area (Å²) in [5.74, 6) is 5.94. The summed E-state index contributed by atoms with van der Waals surface area (Å²) in [6.45, 7) is 0. The monoisotopic (exact) mass is 240 g/mol. The Hall–Kier alpha value is -0.767. The maximum absolute atomic E-state index is 11.5. The minimum atomic E-state index is -2.22. The van der Waals surface area contributed by atoms with E-state index in [1.54, 1.807) is 12.1 Å². The molecule has 0 aliphatic rings. The first kappa shape index (κ1) is 10.3. The SMILES string of the molecule is [CH3][Ge]([CH3])([CH3])[O]C(=O)c1ccccc1. The van der Waals surface area contributed by atoms with Crippen molar-refractivity contribution in [2.24, 2.45) is 0 Å². The molecule has 0 atom stereocenters. The van der Waals surface area contributed by atoms with E-state index in [1.165, 1.54) is 0 Å². The maximum atomic E-state index is 11.5. The Kier molecular flexibility index (Phi) is 3.14. The Morgan fingerprint density at radius 1 is 1.15 bits per heavy atom. The number of benzene rings is 1. The molecule has 3 heteroatoms. The van der Waals surface area contributed by atoms with Gasteiger partial charge < -0.3 is 0 Å². The molecule has 0 aliphatic heterocycles. The van der Waals surface area contributed by atoms with Gasteiger partial charge in [-0.05, 0) is 0 Å². The van der Waals surface area contributed by atoms with Gasteiger partial charge in [0, 0.05) is 0 Å². The first-order chi connectivity index (χ1) is 5.99.